The van der Waals surface area contributed by atoms with Gasteiger partial charge in [0.25, 0.3) is 0 Å². The van der Waals surface area contributed by atoms with Crippen molar-refractivity contribution < 1.29 is 14.6 Å². The van der Waals surface area contributed by atoms with Crippen molar-refractivity contribution in [3.8, 4) is 5.75 Å². The highest BCUT2D eigenvalue weighted by atomic mass is 79.9. The number of carbonyl (C=O) groups is 1. The number of hydrogen-bond acceptors (Lipinski definition) is 3. The number of carboxylic acid groups (broad SMARTS) is 1. The van der Waals surface area contributed by atoms with Crippen LogP contribution in [0.4, 0.5) is 0 Å². The summed E-state index contributed by atoms with van der Waals surface area (Å²) < 4.78 is 6.67. The van der Waals surface area contributed by atoms with E-state index in [1.807, 2.05) is 24.5 Å². The van der Waals surface area contributed by atoms with Crippen LogP contribution in [0.25, 0.3) is 0 Å². The van der Waals surface area contributed by atoms with Crippen LogP contribution < -0.4 is 4.74 Å². The predicted molar refractivity (Wildman–Crippen MR) is 76.6 cm³/mol. The molecule has 1 N–H and O–H groups in total. The molecule has 0 aliphatic heterocycles. The van der Waals surface area contributed by atoms with E-state index in [2.05, 4.69) is 15.9 Å². The van der Waals surface area contributed by atoms with E-state index >= 15 is 0 Å². The minimum absolute atomic E-state index is 0.454. The molecule has 18 heavy (non-hydrogen) atoms. The lowest BCUT2D eigenvalue weighted by molar-refractivity contribution is -0.143. The first kappa shape index (κ1) is 13.7. The summed E-state index contributed by atoms with van der Waals surface area (Å²) in [5.74, 6) is 0.785. The molecule has 1 aromatic rings. The Balaban J connectivity index is 2.19. The van der Waals surface area contributed by atoms with Crippen LogP contribution in [0.3, 0.4) is 0 Å². The molecule has 5 heteroatoms. The first-order valence-electron chi connectivity index (χ1n) is 5.79. The van der Waals surface area contributed by atoms with Gasteiger partial charge in [-0.2, -0.15) is 11.8 Å². The third kappa shape index (κ3) is 3.42. The van der Waals surface area contributed by atoms with Crippen molar-refractivity contribution in [2.45, 2.75) is 24.9 Å². The fourth-order valence-corrected chi connectivity index (χ4v) is 2.69. The predicted octanol–water partition coefficient (Wildman–Crippen LogP) is 3.52. The Morgan fingerprint density at radius 1 is 1.61 bits per heavy atom. The number of carboxylic acids is 1. The molecule has 1 aliphatic rings. The molecule has 1 atom stereocenters. The molecule has 2 rings (SSSR count). The monoisotopic (exact) mass is 330 g/mol. The summed E-state index contributed by atoms with van der Waals surface area (Å²) in [6.45, 7) is 0. The highest BCUT2D eigenvalue weighted by Gasteiger charge is 2.29. The van der Waals surface area contributed by atoms with E-state index < -0.39 is 12.1 Å². The van der Waals surface area contributed by atoms with Gasteiger partial charge in [0, 0.05) is 10.2 Å². The molecular weight excluding hydrogens is 316 g/mol. The molecule has 3 nitrogen and oxygen atoms in total. The smallest absolute Gasteiger partial charge is 0.345 e. The fourth-order valence-electron chi connectivity index (χ4n) is 1.80. The van der Waals surface area contributed by atoms with Gasteiger partial charge in [0.05, 0.1) is 0 Å². The SMILES string of the molecule is CSC[C@H](Oc1ccc(Br)cc1C1CC1)C(=O)O. The molecule has 0 unspecified atom stereocenters. The lowest BCUT2D eigenvalue weighted by Gasteiger charge is -2.17. The van der Waals surface area contributed by atoms with E-state index in [-0.39, 0.29) is 0 Å². The Hall–Kier alpha value is -0.680. The second-order valence-electron chi connectivity index (χ2n) is 4.36. The Morgan fingerprint density at radius 3 is 2.89 bits per heavy atom. The second kappa shape index (κ2) is 5.97. The van der Waals surface area contributed by atoms with Gasteiger partial charge in [-0.1, -0.05) is 15.9 Å². The van der Waals surface area contributed by atoms with E-state index in [4.69, 9.17) is 9.84 Å². The maximum Gasteiger partial charge on any atom is 0.345 e. The molecule has 0 aromatic heterocycles. The van der Waals surface area contributed by atoms with Crippen molar-refractivity contribution in [3.63, 3.8) is 0 Å². The third-order valence-corrected chi connectivity index (χ3v) is 3.98. The Bertz CT molecular complexity index is 446. The zero-order chi connectivity index (χ0) is 13.1. The Labute approximate surface area is 119 Å². The van der Waals surface area contributed by atoms with E-state index in [1.165, 1.54) is 11.8 Å². The molecule has 0 bridgehead atoms. The van der Waals surface area contributed by atoms with Crippen LogP contribution in [0.15, 0.2) is 22.7 Å². The van der Waals surface area contributed by atoms with Crippen LogP contribution in [0.1, 0.15) is 24.3 Å². The highest BCUT2D eigenvalue weighted by Crippen LogP contribution is 2.45. The van der Waals surface area contributed by atoms with E-state index in [0.717, 1.165) is 22.9 Å². The van der Waals surface area contributed by atoms with Gasteiger partial charge in [0.15, 0.2) is 0 Å². The molecule has 0 amide bonds. The molecular formula is C13H15BrO3S. The molecule has 1 aromatic carbocycles. The first-order chi connectivity index (χ1) is 8.61. The van der Waals surface area contributed by atoms with Gasteiger partial charge in [-0.05, 0) is 48.8 Å². The van der Waals surface area contributed by atoms with Gasteiger partial charge in [-0.15, -0.1) is 0 Å². The average Bonchev–Trinajstić information content (AvgIpc) is 3.14. The number of rotatable bonds is 6. The summed E-state index contributed by atoms with van der Waals surface area (Å²) in [5, 5.41) is 9.12. The van der Waals surface area contributed by atoms with Crippen LogP contribution in [-0.4, -0.2) is 29.2 Å². The summed E-state index contributed by atoms with van der Waals surface area (Å²) in [6, 6.07) is 5.78. The molecule has 1 aliphatic carbocycles. The fraction of sp³-hybridized carbons (Fsp3) is 0.462. The normalized spacial score (nSPS) is 16.3. The number of hydrogen-bond donors (Lipinski definition) is 1. The zero-order valence-corrected chi connectivity index (χ0v) is 12.5. The van der Waals surface area contributed by atoms with Gasteiger partial charge in [0.2, 0.25) is 6.10 Å². The van der Waals surface area contributed by atoms with Crippen molar-refractivity contribution in [2.75, 3.05) is 12.0 Å². The van der Waals surface area contributed by atoms with Gasteiger partial charge in [-0.3, -0.25) is 0 Å². The van der Waals surface area contributed by atoms with Crippen LogP contribution in [0.2, 0.25) is 0 Å². The maximum absolute atomic E-state index is 11.1. The number of halogens is 1. The van der Waals surface area contributed by atoms with Crippen molar-refractivity contribution in [1.82, 2.24) is 0 Å². The van der Waals surface area contributed by atoms with E-state index in [1.54, 1.807) is 0 Å². The van der Waals surface area contributed by atoms with Gasteiger partial charge >= 0.3 is 5.97 Å². The number of ether oxygens (including phenoxy) is 1. The molecule has 0 spiro atoms. The summed E-state index contributed by atoms with van der Waals surface area (Å²) in [5.41, 5.74) is 1.12. The minimum Gasteiger partial charge on any atom is -0.478 e. The van der Waals surface area contributed by atoms with Crippen molar-refractivity contribution >= 4 is 33.7 Å². The molecule has 1 saturated carbocycles. The van der Waals surface area contributed by atoms with Gasteiger partial charge in [-0.25, -0.2) is 4.79 Å². The van der Waals surface area contributed by atoms with Crippen LogP contribution in [0, 0.1) is 0 Å². The Morgan fingerprint density at radius 2 is 2.33 bits per heavy atom. The van der Waals surface area contributed by atoms with Crippen LogP contribution in [0.5, 0.6) is 5.75 Å². The maximum atomic E-state index is 11.1. The van der Waals surface area contributed by atoms with E-state index in [0.29, 0.717) is 17.4 Å². The van der Waals surface area contributed by atoms with Crippen molar-refractivity contribution in [3.05, 3.63) is 28.2 Å². The Kier molecular flexibility index (Phi) is 4.56. The molecule has 0 saturated heterocycles. The standard InChI is InChI=1S/C13H15BrO3S/c1-18-7-12(13(15)16)17-11-5-4-9(14)6-10(11)8-2-3-8/h4-6,8,12H,2-3,7H2,1H3,(H,15,16)/t12-/m0/s1. The summed E-state index contributed by atoms with van der Waals surface area (Å²) in [6.07, 6.45) is 3.42. The highest BCUT2D eigenvalue weighted by molar-refractivity contribution is 9.10. The second-order valence-corrected chi connectivity index (χ2v) is 6.18. The van der Waals surface area contributed by atoms with Gasteiger partial charge < -0.3 is 9.84 Å². The molecule has 1 fully saturated rings. The topological polar surface area (TPSA) is 46.5 Å². The summed E-state index contributed by atoms with van der Waals surface area (Å²) >= 11 is 4.92. The van der Waals surface area contributed by atoms with Crippen molar-refractivity contribution in [1.29, 1.82) is 0 Å². The van der Waals surface area contributed by atoms with E-state index in [9.17, 15) is 4.79 Å². The average molecular weight is 331 g/mol. The third-order valence-electron chi connectivity index (χ3n) is 2.85. The van der Waals surface area contributed by atoms with Crippen LogP contribution in [-0.2, 0) is 4.79 Å². The quantitative estimate of drug-likeness (QED) is 0.866. The summed E-state index contributed by atoms with van der Waals surface area (Å²) in [4.78, 5) is 11.1. The van der Waals surface area contributed by atoms with Crippen molar-refractivity contribution in [2.24, 2.45) is 0 Å². The number of thioether (sulfide) groups is 1. The summed E-state index contributed by atoms with van der Waals surface area (Å²) in [7, 11) is 0. The lowest BCUT2D eigenvalue weighted by atomic mass is 10.1. The largest absolute Gasteiger partial charge is 0.478 e. The minimum atomic E-state index is -0.908. The number of aliphatic carboxylic acids is 1. The molecule has 0 radical (unpaired) electrons. The number of benzene rings is 1. The molecule has 98 valence electrons. The van der Waals surface area contributed by atoms with Crippen LogP contribution >= 0.6 is 27.7 Å². The zero-order valence-electron chi connectivity index (χ0n) is 10.1. The van der Waals surface area contributed by atoms with Gasteiger partial charge in [0.1, 0.15) is 5.75 Å². The lowest BCUT2D eigenvalue weighted by Crippen LogP contribution is -2.29. The first-order valence-corrected chi connectivity index (χ1v) is 7.98. The molecule has 0 heterocycles.